The molecule has 3 aromatic rings. The average Bonchev–Trinajstić information content (AvgIpc) is 3.50. The minimum Gasteiger partial charge on any atom is -0.507 e. The number of fused-ring (bicyclic) bond motifs is 2. The van der Waals surface area contributed by atoms with E-state index in [1.165, 1.54) is 0 Å². The summed E-state index contributed by atoms with van der Waals surface area (Å²) in [5.74, 6) is 2.74. The first-order valence-electron chi connectivity index (χ1n) is 11.9. The Kier molecular flexibility index (Phi) is 5.65. The Morgan fingerprint density at radius 1 is 0.972 bits per heavy atom. The van der Waals surface area contributed by atoms with Crippen LogP contribution in [0.4, 0.5) is 5.69 Å². The topological polar surface area (TPSA) is 80.7 Å². The highest BCUT2D eigenvalue weighted by Crippen LogP contribution is 2.41. The average molecular weight is 487 g/mol. The molecule has 3 aromatic carbocycles. The molecule has 3 aliphatic heterocycles. The third-order valence-corrected chi connectivity index (χ3v) is 6.80. The fraction of sp³-hybridized carbons (Fsp3) is 0.250. The second kappa shape index (κ2) is 9.13. The number of piperazine rings is 1. The Bertz CT molecular complexity index is 1340. The quantitative estimate of drug-likeness (QED) is 0.541. The van der Waals surface area contributed by atoms with E-state index in [1.54, 1.807) is 25.3 Å². The maximum Gasteiger partial charge on any atom is 0.231 e. The Labute approximate surface area is 208 Å². The van der Waals surface area contributed by atoms with Crippen molar-refractivity contribution in [2.75, 3.05) is 45.0 Å². The van der Waals surface area contributed by atoms with Crippen LogP contribution in [0.1, 0.15) is 21.5 Å². The molecule has 0 atom stereocenters. The van der Waals surface area contributed by atoms with E-state index < -0.39 is 0 Å². The van der Waals surface area contributed by atoms with Gasteiger partial charge in [-0.1, -0.05) is 6.07 Å². The zero-order valence-electron chi connectivity index (χ0n) is 19.9. The van der Waals surface area contributed by atoms with E-state index in [1.807, 2.05) is 30.3 Å². The van der Waals surface area contributed by atoms with E-state index in [2.05, 4.69) is 21.9 Å². The van der Waals surface area contributed by atoms with Crippen molar-refractivity contribution in [3.05, 3.63) is 77.0 Å². The van der Waals surface area contributed by atoms with Crippen LogP contribution in [0, 0.1) is 0 Å². The molecule has 8 heteroatoms. The van der Waals surface area contributed by atoms with Crippen molar-refractivity contribution in [3.63, 3.8) is 0 Å². The number of ether oxygens (including phenoxy) is 4. The van der Waals surface area contributed by atoms with Crippen LogP contribution in [0.3, 0.4) is 0 Å². The molecule has 0 aromatic heterocycles. The largest absolute Gasteiger partial charge is 0.507 e. The Hall–Kier alpha value is -4.17. The van der Waals surface area contributed by atoms with E-state index in [0.29, 0.717) is 34.9 Å². The van der Waals surface area contributed by atoms with Gasteiger partial charge >= 0.3 is 0 Å². The molecule has 8 nitrogen and oxygen atoms in total. The first kappa shape index (κ1) is 22.3. The van der Waals surface area contributed by atoms with E-state index in [-0.39, 0.29) is 24.1 Å². The smallest absolute Gasteiger partial charge is 0.231 e. The van der Waals surface area contributed by atoms with Gasteiger partial charge in [-0.3, -0.25) is 9.69 Å². The predicted octanol–water partition coefficient (Wildman–Crippen LogP) is 4.07. The number of phenolic OH excluding ortho intramolecular Hbond substituents is 1. The van der Waals surface area contributed by atoms with Gasteiger partial charge in [0.15, 0.2) is 17.3 Å². The van der Waals surface area contributed by atoms with Gasteiger partial charge in [0.1, 0.15) is 17.2 Å². The zero-order valence-corrected chi connectivity index (χ0v) is 19.9. The first-order valence-corrected chi connectivity index (χ1v) is 11.9. The summed E-state index contributed by atoms with van der Waals surface area (Å²) in [5, 5.41) is 10.7. The van der Waals surface area contributed by atoms with E-state index in [0.717, 1.165) is 43.2 Å². The maximum atomic E-state index is 13.1. The van der Waals surface area contributed by atoms with Crippen LogP contribution in [0.15, 0.2) is 60.4 Å². The summed E-state index contributed by atoms with van der Waals surface area (Å²) < 4.78 is 22.1. The van der Waals surface area contributed by atoms with Crippen molar-refractivity contribution in [3.8, 4) is 28.7 Å². The third kappa shape index (κ3) is 4.09. The number of benzene rings is 3. The number of carbonyl (C=O) groups is 1. The maximum absolute atomic E-state index is 13.1. The minimum atomic E-state index is -0.201. The summed E-state index contributed by atoms with van der Waals surface area (Å²) in [4.78, 5) is 17.7. The summed E-state index contributed by atoms with van der Waals surface area (Å²) in [5.41, 5.74) is 3.03. The number of methoxy groups -OCH3 is 1. The standard InChI is InChI=1S/C28H26N2O6/c1-33-20-5-3-19(4-6-20)30-12-10-29(11-13-30)16-22-23(31)8-7-21-27(32)26(36-28(21)22)15-18-2-9-24-25(14-18)35-17-34-24/h2-9,14-15,31H,10-13,16-17H2,1H3/b26-15-. The van der Waals surface area contributed by atoms with Crippen molar-refractivity contribution in [1.29, 1.82) is 0 Å². The number of nitrogens with zero attached hydrogens (tertiary/aromatic N) is 2. The van der Waals surface area contributed by atoms with E-state index in [4.69, 9.17) is 18.9 Å². The third-order valence-electron chi connectivity index (χ3n) is 6.80. The Morgan fingerprint density at radius 3 is 2.53 bits per heavy atom. The van der Waals surface area contributed by atoms with Crippen LogP contribution in [-0.4, -0.2) is 55.9 Å². The molecule has 1 N–H and O–H groups in total. The lowest BCUT2D eigenvalue weighted by molar-refractivity contribution is 0.101. The lowest BCUT2D eigenvalue weighted by Crippen LogP contribution is -2.46. The fourth-order valence-electron chi connectivity index (χ4n) is 4.78. The molecule has 3 heterocycles. The number of ketones is 1. The van der Waals surface area contributed by atoms with Crippen LogP contribution in [0.5, 0.6) is 28.7 Å². The van der Waals surface area contributed by atoms with Crippen molar-refractivity contribution in [1.82, 2.24) is 4.90 Å². The second-order valence-electron chi connectivity index (χ2n) is 8.95. The van der Waals surface area contributed by atoms with Gasteiger partial charge < -0.3 is 29.0 Å². The molecule has 0 aliphatic carbocycles. The number of aromatic hydroxyl groups is 1. The van der Waals surface area contributed by atoms with Crippen LogP contribution in [-0.2, 0) is 6.54 Å². The summed E-state index contributed by atoms with van der Waals surface area (Å²) >= 11 is 0. The molecule has 0 saturated carbocycles. The number of allylic oxidation sites excluding steroid dienone is 1. The molecule has 3 aliphatic rings. The van der Waals surface area contributed by atoms with Crippen molar-refractivity contribution < 1.29 is 28.8 Å². The highest BCUT2D eigenvalue weighted by Gasteiger charge is 2.32. The lowest BCUT2D eigenvalue weighted by Gasteiger charge is -2.36. The number of rotatable bonds is 5. The van der Waals surface area contributed by atoms with Crippen LogP contribution < -0.4 is 23.8 Å². The van der Waals surface area contributed by atoms with Crippen LogP contribution in [0.2, 0.25) is 0 Å². The zero-order chi connectivity index (χ0) is 24.6. The van der Waals surface area contributed by atoms with Gasteiger partial charge in [0, 0.05) is 38.4 Å². The van der Waals surface area contributed by atoms with Crippen molar-refractivity contribution in [2.24, 2.45) is 0 Å². The molecule has 0 unspecified atom stereocenters. The summed E-state index contributed by atoms with van der Waals surface area (Å²) in [7, 11) is 1.66. The van der Waals surface area contributed by atoms with Gasteiger partial charge in [-0.05, 0) is 60.2 Å². The highest BCUT2D eigenvalue weighted by molar-refractivity contribution is 6.15. The fourth-order valence-corrected chi connectivity index (χ4v) is 4.78. The molecule has 0 amide bonds. The van der Waals surface area contributed by atoms with Gasteiger partial charge in [-0.25, -0.2) is 0 Å². The summed E-state index contributed by atoms with van der Waals surface area (Å²) in [6.07, 6.45) is 1.69. The van der Waals surface area contributed by atoms with E-state index >= 15 is 0 Å². The normalized spacial score (nSPS) is 17.9. The van der Waals surface area contributed by atoms with Gasteiger partial charge in [0.2, 0.25) is 12.6 Å². The number of phenols is 1. The number of hydrogen-bond acceptors (Lipinski definition) is 8. The van der Waals surface area contributed by atoms with Gasteiger partial charge in [-0.2, -0.15) is 0 Å². The summed E-state index contributed by atoms with van der Waals surface area (Å²) in [6, 6.07) is 16.7. The molecular weight excluding hydrogens is 460 g/mol. The Morgan fingerprint density at radius 2 is 1.75 bits per heavy atom. The lowest BCUT2D eigenvalue weighted by atomic mass is 10.0. The summed E-state index contributed by atoms with van der Waals surface area (Å²) in [6.45, 7) is 4.05. The van der Waals surface area contributed by atoms with Crippen LogP contribution >= 0.6 is 0 Å². The molecule has 36 heavy (non-hydrogen) atoms. The van der Waals surface area contributed by atoms with Gasteiger partial charge in [0.05, 0.1) is 18.2 Å². The molecule has 184 valence electrons. The van der Waals surface area contributed by atoms with E-state index in [9.17, 15) is 9.90 Å². The molecule has 0 bridgehead atoms. The first-order chi connectivity index (χ1) is 17.6. The van der Waals surface area contributed by atoms with Crippen LogP contribution in [0.25, 0.3) is 6.08 Å². The number of hydrogen-bond donors (Lipinski definition) is 1. The SMILES string of the molecule is COc1ccc(N2CCN(Cc3c(O)ccc4c3O/C(=C\c3ccc5c(c3)OCO5)C4=O)CC2)cc1. The minimum absolute atomic E-state index is 0.128. The van der Waals surface area contributed by atoms with Crippen molar-refractivity contribution >= 4 is 17.5 Å². The van der Waals surface area contributed by atoms with Gasteiger partial charge in [0.25, 0.3) is 0 Å². The Balaban J connectivity index is 1.17. The number of Topliss-reactive ketones (excluding diaryl/α,β-unsaturated/α-hetero) is 1. The van der Waals surface area contributed by atoms with Gasteiger partial charge in [-0.15, -0.1) is 0 Å². The number of carbonyl (C=O) groups excluding carboxylic acids is 1. The molecular formula is C28H26N2O6. The number of anilines is 1. The molecule has 1 fully saturated rings. The predicted molar refractivity (Wildman–Crippen MR) is 134 cm³/mol. The second-order valence-corrected chi connectivity index (χ2v) is 8.95. The molecule has 1 saturated heterocycles. The van der Waals surface area contributed by atoms with Crippen molar-refractivity contribution in [2.45, 2.75) is 6.54 Å². The molecule has 0 radical (unpaired) electrons. The highest BCUT2D eigenvalue weighted by atomic mass is 16.7. The monoisotopic (exact) mass is 486 g/mol. The molecule has 6 rings (SSSR count). The molecule has 0 spiro atoms.